The average molecular weight is 268 g/mol. The number of likely N-dealkylation sites (N-methyl/N-ethyl adjacent to an activating group) is 1. The van der Waals surface area contributed by atoms with E-state index in [0.29, 0.717) is 17.7 Å². The molecule has 4 unspecified atom stereocenters. The minimum Gasteiger partial charge on any atom is -0.374 e. The van der Waals surface area contributed by atoms with Gasteiger partial charge in [-0.05, 0) is 52.6 Å². The largest absolute Gasteiger partial charge is 0.374 e. The summed E-state index contributed by atoms with van der Waals surface area (Å²) in [5.41, 5.74) is 0.363. The van der Waals surface area contributed by atoms with Crippen molar-refractivity contribution < 1.29 is 4.74 Å². The van der Waals surface area contributed by atoms with Gasteiger partial charge < -0.3 is 15.0 Å². The zero-order valence-electron chi connectivity index (χ0n) is 13.2. The highest BCUT2D eigenvalue weighted by Gasteiger charge is 2.36. The lowest BCUT2D eigenvalue weighted by atomic mass is 9.75. The Kier molecular flexibility index (Phi) is 5.27. The van der Waals surface area contributed by atoms with E-state index in [1.165, 1.54) is 38.5 Å². The molecule has 1 aliphatic carbocycles. The summed E-state index contributed by atoms with van der Waals surface area (Å²) in [5.74, 6) is 0.862. The fourth-order valence-corrected chi connectivity index (χ4v) is 3.86. The Morgan fingerprint density at radius 2 is 2.00 bits per heavy atom. The van der Waals surface area contributed by atoms with Gasteiger partial charge in [-0.25, -0.2) is 0 Å². The lowest BCUT2D eigenvalue weighted by Gasteiger charge is -2.45. The number of rotatable bonds is 5. The fraction of sp³-hybridized carbons (Fsp3) is 1.00. The molecule has 0 aromatic carbocycles. The second-order valence-electron chi connectivity index (χ2n) is 7.10. The van der Waals surface area contributed by atoms with Gasteiger partial charge in [-0.1, -0.05) is 19.8 Å². The van der Waals surface area contributed by atoms with E-state index in [2.05, 4.69) is 38.2 Å². The zero-order chi connectivity index (χ0) is 13.9. The summed E-state index contributed by atoms with van der Waals surface area (Å²) >= 11 is 0. The molecule has 4 atom stereocenters. The maximum absolute atomic E-state index is 5.89. The first-order valence-corrected chi connectivity index (χ1v) is 8.05. The highest BCUT2D eigenvalue weighted by molar-refractivity contribution is 4.94. The number of hydrogen-bond acceptors (Lipinski definition) is 3. The zero-order valence-corrected chi connectivity index (χ0v) is 13.2. The number of hydrogen-bond donors (Lipinski definition) is 1. The average Bonchev–Trinajstić information content (AvgIpc) is 2.75. The van der Waals surface area contributed by atoms with Crippen LogP contribution in [-0.4, -0.2) is 49.8 Å². The highest BCUT2D eigenvalue weighted by atomic mass is 16.5. The molecule has 2 aliphatic rings. The van der Waals surface area contributed by atoms with Crippen molar-refractivity contribution in [2.24, 2.45) is 5.92 Å². The van der Waals surface area contributed by atoms with Gasteiger partial charge in [0.1, 0.15) is 0 Å². The lowest BCUT2D eigenvalue weighted by Crippen LogP contribution is -2.54. The normalized spacial score (nSPS) is 39.9. The molecule has 1 aliphatic heterocycles. The van der Waals surface area contributed by atoms with Crippen molar-refractivity contribution >= 4 is 0 Å². The quantitative estimate of drug-likeness (QED) is 0.829. The van der Waals surface area contributed by atoms with Crippen LogP contribution in [0.1, 0.15) is 52.4 Å². The van der Waals surface area contributed by atoms with Crippen molar-refractivity contribution in [2.45, 2.75) is 70.1 Å². The molecule has 112 valence electrons. The Bertz CT molecular complexity index is 282. The van der Waals surface area contributed by atoms with E-state index in [1.807, 2.05) is 0 Å². The van der Waals surface area contributed by atoms with Crippen molar-refractivity contribution in [3.8, 4) is 0 Å². The van der Waals surface area contributed by atoms with Gasteiger partial charge in [0.15, 0.2) is 0 Å². The summed E-state index contributed by atoms with van der Waals surface area (Å²) in [6.07, 6.45) is 8.78. The van der Waals surface area contributed by atoms with Gasteiger partial charge in [0, 0.05) is 18.6 Å². The van der Waals surface area contributed by atoms with Gasteiger partial charge >= 0.3 is 0 Å². The van der Waals surface area contributed by atoms with Gasteiger partial charge in [-0.3, -0.25) is 0 Å². The molecule has 0 aromatic rings. The van der Waals surface area contributed by atoms with Crippen molar-refractivity contribution in [1.82, 2.24) is 10.2 Å². The van der Waals surface area contributed by atoms with Crippen molar-refractivity contribution in [3.05, 3.63) is 0 Å². The van der Waals surface area contributed by atoms with Crippen LogP contribution in [0, 0.1) is 5.92 Å². The van der Waals surface area contributed by atoms with Crippen LogP contribution in [0.4, 0.5) is 0 Å². The SMILES string of the molecule is CC1CCCC(CNCC2CCC(C)O2)(N(C)C)C1. The molecule has 2 rings (SSSR count). The Morgan fingerprint density at radius 1 is 1.21 bits per heavy atom. The Morgan fingerprint density at radius 3 is 2.58 bits per heavy atom. The first-order valence-electron chi connectivity index (χ1n) is 8.05. The first kappa shape index (κ1) is 15.3. The van der Waals surface area contributed by atoms with E-state index in [9.17, 15) is 0 Å². The van der Waals surface area contributed by atoms with Gasteiger partial charge in [0.25, 0.3) is 0 Å². The molecule has 3 nitrogen and oxygen atoms in total. The predicted molar refractivity (Wildman–Crippen MR) is 80.5 cm³/mol. The summed E-state index contributed by atoms with van der Waals surface area (Å²) in [5, 5.41) is 3.69. The van der Waals surface area contributed by atoms with E-state index < -0.39 is 0 Å². The summed E-state index contributed by atoms with van der Waals surface area (Å²) in [7, 11) is 4.49. The molecule has 0 radical (unpaired) electrons. The number of ether oxygens (including phenoxy) is 1. The van der Waals surface area contributed by atoms with E-state index in [1.54, 1.807) is 0 Å². The highest BCUT2D eigenvalue weighted by Crippen LogP contribution is 2.35. The maximum atomic E-state index is 5.89. The summed E-state index contributed by atoms with van der Waals surface area (Å²) in [4.78, 5) is 2.45. The molecule has 1 heterocycles. The van der Waals surface area contributed by atoms with Crippen LogP contribution in [0.3, 0.4) is 0 Å². The van der Waals surface area contributed by atoms with Crippen LogP contribution in [0.5, 0.6) is 0 Å². The van der Waals surface area contributed by atoms with Gasteiger partial charge in [0.2, 0.25) is 0 Å². The molecule has 3 heteroatoms. The minimum atomic E-state index is 0.363. The summed E-state index contributed by atoms with van der Waals surface area (Å²) < 4.78 is 5.89. The van der Waals surface area contributed by atoms with Crippen LogP contribution in [0.2, 0.25) is 0 Å². The monoisotopic (exact) mass is 268 g/mol. The Hall–Kier alpha value is -0.120. The van der Waals surface area contributed by atoms with Crippen LogP contribution in [-0.2, 0) is 4.74 Å². The Balaban J connectivity index is 1.80. The molecule has 1 saturated carbocycles. The van der Waals surface area contributed by atoms with Gasteiger partial charge in [-0.2, -0.15) is 0 Å². The van der Waals surface area contributed by atoms with Crippen LogP contribution >= 0.6 is 0 Å². The van der Waals surface area contributed by atoms with Gasteiger partial charge in [0.05, 0.1) is 12.2 Å². The molecule has 0 bridgehead atoms. The maximum Gasteiger partial charge on any atom is 0.0704 e. The van der Waals surface area contributed by atoms with Crippen LogP contribution in [0.25, 0.3) is 0 Å². The third-order valence-electron chi connectivity index (χ3n) is 5.16. The topological polar surface area (TPSA) is 24.5 Å². The second-order valence-corrected chi connectivity index (χ2v) is 7.10. The third kappa shape index (κ3) is 3.93. The number of nitrogens with zero attached hydrogens (tertiary/aromatic N) is 1. The van der Waals surface area contributed by atoms with Crippen molar-refractivity contribution in [2.75, 3.05) is 27.2 Å². The molecule has 0 aromatic heterocycles. The van der Waals surface area contributed by atoms with Crippen LogP contribution in [0.15, 0.2) is 0 Å². The molecular formula is C16H32N2O. The van der Waals surface area contributed by atoms with E-state index in [0.717, 1.165) is 19.0 Å². The Labute approximate surface area is 119 Å². The molecule has 2 fully saturated rings. The molecule has 19 heavy (non-hydrogen) atoms. The standard InChI is InChI=1S/C16H32N2O/c1-13-6-5-9-16(10-13,18(3)4)12-17-11-15-8-7-14(2)19-15/h13-15,17H,5-12H2,1-4H3. The van der Waals surface area contributed by atoms with E-state index in [-0.39, 0.29) is 0 Å². The van der Waals surface area contributed by atoms with Crippen molar-refractivity contribution in [3.63, 3.8) is 0 Å². The summed E-state index contributed by atoms with van der Waals surface area (Å²) in [6.45, 7) is 6.72. The first-order chi connectivity index (χ1) is 9.02. The predicted octanol–water partition coefficient (Wildman–Crippen LogP) is 2.65. The molecule has 0 spiro atoms. The fourth-order valence-electron chi connectivity index (χ4n) is 3.86. The van der Waals surface area contributed by atoms with Gasteiger partial charge in [-0.15, -0.1) is 0 Å². The van der Waals surface area contributed by atoms with Crippen LogP contribution < -0.4 is 5.32 Å². The van der Waals surface area contributed by atoms with E-state index >= 15 is 0 Å². The molecule has 0 amide bonds. The van der Waals surface area contributed by atoms with Crippen molar-refractivity contribution in [1.29, 1.82) is 0 Å². The van der Waals surface area contributed by atoms with E-state index in [4.69, 9.17) is 4.74 Å². The molecule has 1 N–H and O–H groups in total. The third-order valence-corrected chi connectivity index (χ3v) is 5.16. The lowest BCUT2D eigenvalue weighted by molar-refractivity contribution is 0.0443. The minimum absolute atomic E-state index is 0.363. The molecule has 1 saturated heterocycles. The smallest absolute Gasteiger partial charge is 0.0704 e. The molecular weight excluding hydrogens is 236 g/mol. The second kappa shape index (κ2) is 6.55. The summed E-state index contributed by atoms with van der Waals surface area (Å²) in [6, 6.07) is 0. The number of nitrogens with one attached hydrogen (secondary N) is 1.